The number of hydrogen-bond acceptors (Lipinski definition) is 8. The molecular formula is C50H32F6O8P2S2. The van der Waals surface area contributed by atoms with Crippen LogP contribution in [-0.2, 0) is 29.4 Å². The maximum atomic E-state index is 16.5. The van der Waals surface area contributed by atoms with E-state index in [2.05, 4.69) is 0 Å². The zero-order valence-electron chi connectivity index (χ0n) is 34.7. The van der Waals surface area contributed by atoms with Crippen LogP contribution in [0.3, 0.4) is 0 Å². The number of fused-ring (bicyclic) bond motifs is 8. The lowest BCUT2D eigenvalue weighted by Crippen LogP contribution is -2.30. The van der Waals surface area contributed by atoms with Gasteiger partial charge in [0.2, 0.25) is 0 Å². The van der Waals surface area contributed by atoms with E-state index in [-0.39, 0.29) is 65.2 Å². The molecule has 0 unspecified atom stereocenters. The Labute approximate surface area is 386 Å². The van der Waals surface area contributed by atoms with Crippen molar-refractivity contribution in [1.29, 1.82) is 0 Å². The van der Waals surface area contributed by atoms with E-state index in [0.29, 0.717) is 0 Å². The lowest BCUT2D eigenvalue weighted by atomic mass is 9.80. The van der Waals surface area contributed by atoms with Gasteiger partial charge in [0.25, 0.3) is 0 Å². The molecule has 0 spiro atoms. The smallest absolute Gasteiger partial charge is 0.375 e. The first-order chi connectivity index (χ1) is 32.3. The van der Waals surface area contributed by atoms with Gasteiger partial charge in [0.05, 0.1) is 0 Å². The third kappa shape index (κ3) is 7.75. The van der Waals surface area contributed by atoms with E-state index in [1.54, 1.807) is 121 Å². The average molecular weight is 1000 g/mol. The second-order valence-corrected chi connectivity index (χ2v) is 23.8. The molecule has 0 bridgehead atoms. The molecule has 0 saturated carbocycles. The van der Waals surface area contributed by atoms with Crippen LogP contribution in [0.2, 0.25) is 0 Å². The topological polar surface area (TPSA) is 121 Å². The molecule has 0 radical (unpaired) electrons. The average Bonchev–Trinajstić information content (AvgIpc) is 3.32. The molecule has 0 aromatic heterocycles. The Morgan fingerprint density at radius 1 is 0.324 bits per heavy atom. The zero-order chi connectivity index (χ0) is 48.3. The van der Waals surface area contributed by atoms with Crippen molar-refractivity contribution in [3.63, 3.8) is 0 Å². The highest BCUT2D eigenvalue weighted by atomic mass is 32.2. The number of rotatable bonds is 10. The maximum absolute atomic E-state index is 16.5. The molecule has 0 fully saturated rings. The van der Waals surface area contributed by atoms with E-state index >= 15 is 9.13 Å². The van der Waals surface area contributed by atoms with Gasteiger partial charge in [0.15, 0.2) is 25.8 Å². The van der Waals surface area contributed by atoms with Crippen molar-refractivity contribution in [2.75, 3.05) is 0 Å². The van der Waals surface area contributed by atoms with Gasteiger partial charge in [0.1, 0.15) is 0 Å². The minimum absolute atomic E-state index is 0.0000474. The van der Waals surface area contributed by atoms with Crippen molar-refractivity contribution in [3.8, 4) is 56.0 Å². The highest BCUT2D eigenvalue weighted by molar-refractivity contribution is 7.88. The quantitative estimate of drug-likeness (QED) is 0.0575. The van der Waals surface area contributed by atoms with E-state index in [0.717, 1.165) is 24.3 Å². The van der Waals surface area contributed by atoms with Crippen molar-refractivity contribution < 1.29 is 60.7 Å². The molecule has 18 heteroatoms. The van der Waals surface area contributed by atoms with Gasteiger partial charge in [-0.1, -0.05) is 182 Å². The third-order valence-electron chi connectivity index (χ3n) is 11.3. The Hall–Kier alpha value is -6.70. The van der Waals surface area contributed by atoms with Crippen LogP contribution in [0.5, 0.6) is 11.5 Å². The summed E-state index contributed by atoms with van der Waals surface area (Å²) in [7, 11) is -21.4. The van der Waals surface area contributed by atoms with E-state index in [1.807, 2.05) is 0 Å². The van der Waals surface area contributed by atoms with Crippen LogP contribution in [0.4, 0.5) is 26.3 Å². The van der Waals surface area contributed by atoms with Gasteiger partial charge in [-0.2, -0.15) is 43.2 Å². The van der Waals surface area contributed by atoms with Gasteiger partial charge in [-0.15, -0.1) is 0 Å². The van der Waals surface area contributed by atoms with Crippen LogP contribution in [0, 0.1) is 0 Å². The molecule has 8 aromatic carbocycles. The Kier molecular flexibility index (Phi) is 11.7. The number of halogens is 6. The first-order valence-corrected chi connectivity index (χ1v) is 26.5. The molecule has 1 aliphatic carbocycles. The second kappa shape index (κ2) is 17.1. The number of hydrogen-bond donors (Lipinski definition) is 0. The van der Waals surface area contributed by atoms with Gasteiger partial charge in [-0.25, -0.2) is 0 Å². The molecule has 8 aromatic rings. The van der Waals surface area contributed by atoms with Crippen LogP contribution in [-0.4, -0.2) is 27.9 Å². The Morgan fingerprint density at radius 2 is 0.574 bits per heavy atom. The maximum Gasteiger partial charge on any atom is 0.534 e. The summed E-state index contributed by atoms with van der Waals surface area (Å²) in [5.41, 5.74) is -13.5. The van der Waals surface area contributed by atoms with E-state index in [9.17, 15) is 43.2 Å². The van der Waals surface area contributed by atoms with E-state index < -0.39 is 68.2 Å². The SMILES string of the molecule is O=P(c1ccccc1)(c1ccccc1)c1cccc2c1-c1c(OS(=O)(=O)C(F)(F)F)cccc1-c1cccc(OS(=O)(=O)C(F)(F)F)c1-c1c-2cccc1P(=O)(c1ccccc1)c1ccccc1. The van der Waals surface area contributed by atoms with E-state index in [4.69, 9.17) is 8.37 Å². The Balaban J connectivity index is 1.54. The van der Waals surface area contributed by atoms with Gasteiger partial charge in [0, 0.05) is 54.1 Å². The normalized spacial score (nSPS) is 12.9. The molecule has 0 N–H and O–H groups in total. The first kappa shape index (κ1) is 46.4. The summed E-state index contributed by atoms with van der Waals surface area (Å²) < 4.78 is 181. The standard InChI is InChI=1S/C50H32F6O8P2S2/c51-49(52,53)67(59,60)63-41-29-13-25-37-38-26-14-30-42(64-68(61,62)50(54,55)56)46(38)48-40(28-16-32-44(48)66(58,35-21-9-3-10-22-35)36-23-11-4-12-24-36)39-27-15-31-43(47(39)45(37)41)65(57,33-17-5-1-6-18-33)34-19-7-2-8-20-34/h1-32H. The van der Waals surface area contributed by atoms with Crippen molar-refractivity contribution in [2.24, 2.45) is 0 Å². The van der Waals surface area contributed by atoms with E-state index in [1.165, 1.54) is 48.5 Å². The zero-order valence-corrected chi connectivity index (χ0v) is 38.1. The van der Waals surface area contributed by atoms with Crippen LogP contribution in [0.1, 0.15) is 0 Å². The Bertz CT molecular complexity index is 3250. The summed E-state index contributed by atoms with van der Waals surface area (Å²) in [6, 6.07) is 48.2. The van der Waals surface area contributed by atoms with Gasteiger partial charge >= 0.3 is 31.3 Å². The molecule has 8 nitrogen and oxygen atoms in total. The predicted octanol–water partition coefficient (Wildman–Crippen LogP) is 10.4. The molecule has 68 heavy (non-hydrogen) atoms. The summed E-state index contributed by atoms with van der Waals surface area (Å²) in [6.45, 7) is 0. The highest BCUT2D eigenvalue weighted by Gasteiger charge is 2.51. The van der Waals surface area contributed by atoms with Gasteiger partial charge in [-0.3, -0.25) is 0 Å². The minimum atomic E-state index is -6.47. The molecule has 0 heterocycles. The summed E-state index contributed by atoms with van der Waals surface area (Å²) in [4.78, 5) is 0. The van der Waals surface area contributed by atoms with Crippen LogP contribution in [0.25, 0.3) is 44.5 Å². The highest BCUT2D eigenvalue weighted by Crippen LogP contribution is 2.58. The first-order valence-electron chi connectivity index (χ1n) is 20.3. The summed E-state index contributed by atoms with van der Waals surface area (Å²) >= 11 is 0. The van der Waals surface area contributed by atoms with Gasteiger partial charge < -0.3 is 17.5 Å². The molecule has 1 aliphatic rings. The predicted molar refractivity (Wildman–Crippen MR) is 252 cm³/mol. The fourth-order valence-electron chi connectivity index (χ4n) is 8.48. The second-order valence-electron chi connectivity index (χ2n) is 15.3. The minimum Gasteiger partial charge on any atom is -0.375 e. The summed E-state index contributed by atoms with van der Waals surface area (Å²) in [6.07, 6.45) is 0. The van der Waals surface area contributed by atoms with Crippen molar-refractivity contribution in [1.82, 2.24) is 0 Å². The molecule has 0 aliphatic heterocycles. The summed E-state index contributed by atoms with van der Waals surface area (Å²) in [5, 5.41) is 0.953. The van der Waals surface area contributed by atoms with Crippen LogP contribution >= 0.6 is 14.3 Å². The molecule has 9 rings (SSSR count). The monoisotopic (exact) mass is 1000 g/mol. The fourth-order valence-corrected chi connectivity index (χ4v) is 15.2. The summed E-state index contributed by atoms with van der Waals surface area (Å²) in [5.74, 6) is -1.86. The molecule has 0 amide bonds. The molecule has 344 valence electrons. The van der Waals surface area contributed by atoms with Crippen molar-refractivity contribution >= 4 is 66.3 Å². The largest absolute Gasteiger partial charge is 0.534 e. The fraction of sp³-hybridized carbons (Fsp3) is 0.0400. The molecule has 0 atom stereocenters. The lowest BCUT2D eigenvalue weighted by molar-refractivity contribution is -0.0504. The number of benzene rings is 8. The van der Waals surface area contributed by atoms with Crippen molar-refractivity contribution in [2.45, 2.75) is 11.0 Å². The Morgan fingerprint density at radius 3 is 0.838 bits per heavy atom. The van der Waals surface area contributed by atoms with Gasteiger partial charge in [-0.05, 0) is 34.4 Å². The van der Waals surface area contributed by atoms with Crippen LogP contribution < -0.4 is 40.2 Å². The molecular weight excluding hydrogens is 969 g/mol. The lowest BCUT2D eigenvalue weighted by Gasteiger charge is -2.32. The van der Waals surface area contributed by atoms with Crippen LogP contribution in [0.15, 0.2) is 194 Å². The number of alkyl halides is 6. The molecule has 0 saturated heterocycles. The van der Waals surface area contributed by atoms with Crippen molar-refractivity contribution in [3.05, 3.63) is 194 Å². The third-order valence-corrected chi connectivity index (χ3v) is 19.5.